The number of nitrogens with one attached hydrogen (secondary N) is 1. The molecule has 1 aliphatic heterocycles. The zero-order valence-electron chi connectivity index (χ0n) is 16.3. The third-order valence-corrected chi connectivity index (χ3v) is 5.06. The van der Waals surface area contributed by atoms with Crippen LogP contribution < -0.4 is 14.8 Å². The summed E-state index contributed by atoms with van der Waals surface area (Å²) in [4.78, 5) is 4.71. The first-order valence-corrected chi connectivity index (χ1v) is 9.96. The van der Waals surface area contributed by atoms with Crippen molar-refractivity contribution in [3.8, 4) is 22.8 Å². The Morgan fingerprint density at radius 3 is 2.68 bits per heavy atom. The molecule has 1 aliphatic rings. The van der Waals surface area contributed by atoms with Gasteiger partial charge in [-0.2, -0.15) is 0 Å². The van der Waals surface area contributed by atoms with Crippen LogP contribution in [0.1, 0.15) is 36.5 Å². The van der Waals surface area contributed by atoms with Gasteiger partial charge in [0.1, 0.15) is 0 Å². The number of pyridine rings is 1. The number of hydrogen-bond donors (Lipinski definition) is 1. The molecule has 0 amide bonds. The van der Waals surface area contributed by atoms with Crippen molar-refractivity contribution in [2.24, 2.45) is 0 Å². The first-order chi connectivity index (χ1) is 13.8. The van der Waals surface area contributed by atoms with Gasteiger partial charge in [-0.1, -0.05) is 49.7 Å². The maximum atomic E-state index is 5.47. The summed E-state index contributed by atoms with van der Waals surface area (Å²) < 4.78 is 10.9. The Morgan fingerprint density at radius 1 is 0.964 bits per heavy atom. The largest absolute Gasteiger partial charge is 0.454 e. The predicted molar refractivity (Wildman–Crippen MR) is 111 cm³/mol. The van der Waals surface area contributed by atoms with Crippen LogP contribution in [0, 0.1) is 0 Å². The van der Waals surface area contributed by atoms with Crippen molar-refractivity contribution in [2.75, 3.05) is 6.79 Å². The van der Waals surface area contributed by atoms with Gasteiger partial charge >= 0.3 is 0 Å². The van der Waals surface area contributed by atoms with Crippen LogP contribution >= 0.6 is 0 Å². The zero-order chi connectivity index (χ0) is 19.2. The molecular formula is C24H26N2O2. The van der Waals surface area contributed by atoms with E-state index < -0.39 is 0 Å². The molecule has 0 bridgehead atoms. The lowest BCUT2D eigenvalue weighted by Crippen LogP contribution is -2.15. The summed E-state index contributed by atoms with van der Waals surface area (Å²) in [7, 11) is 0. The molecule has 2 aromatic carbocycles. The molecule has 0 radical (unpaired) electrons. The first-order valence-electron chi connectivity index (χ1n) is 9.96. The van der Waals surface area contributed by atoms with Crippen molar-refractivity contribution in [1.82, 2.24) is 10.3 Å². The van der Waals surface area contributed by atoms with E-state index >= 15 is 0 Å². The topological polar surface area (TPSA) is 43.4 Å². The van der Waals surface area contributed by atoms with E-state index in [-0.39, 0.29) is 0 Å². The minimum absolute atomic E-state index is 0.312. The molecule has 3 aromatic rings. The molecule has 144 valence electrons. The quantitative estimate of drug-likeness (QED) is 0.595. The van der Waals surface area contributed by atoms with Gasteiger partial charge in [-0.15, -0.1) is 0 Å². The van der Waals surface area contributed by atoms with E-state index in [0.717, 1.165) is 36.7 Å². The number of fused-ring (bicyclic) bond motifs is 1. The van der Waals surface area contributed by atoms with E-state index in [1.165, 1.54) is 35.1 Å². The molecule has 2 heterocycles. The second-order valence-electron chi connectivity index (χ2n) is 7.06. The standard InChI is InChI=1S/C24H26N2O2/c1-2-3-9-21-20(12-13-26-24(21)19-7-5-4-6-8-19)16-25-15-18-10-11-22-23(14-18)28-17-27-22/h4-8,10-14,25H,2-3,9,15-17H2,1H3. The zero-order valence-corrected chi connectivity index (χ0v) is 16.3. The average molecular weight is 374 g/mol. The summed E-state index contributed by atoms with van der Waals surface area (Å²) in [5.41, 5.74) is 6.16. The monoisotopic (exact) mass is 374 g/mol. The SMILES string of the molecule is CCCCc1c(CNCc2ccc3c(c2)OCO3)ccnc1-c1ccccc1. The number of unbranched alkanes of at least 4 members (excludes halogenated alkanes) is 1. The van der Waals surface area contributed by atoms with E-state index in [1.54, 1.807) is 0 Å². The number of ether oxygens (including phenoxy) is 2. The normalized spacial score (nSPS) is 12.3. The van der Waals surface area contributed by atoms with Gasteiger partial charge in [0.25, 0.3) is 0 Å². The molecule has 0 aliphatic carbocycles. The van der Waals surface area contributed by atoms with Crippen LogP contribution in [-0.2, 0) is 19.5 Å². The Kier molecular flexibility index (Phi) is 5.88. The lowest BCUT2D eigenvalue weighted by atomic mass is 9.96. The molecule has 0 atom stereocenters. The van der Waals surface area contributed by atoms with E-state index in [9.17, 15) is 0 Å². The maximum Gasteiger partial charge on any atom is 0.231 e. The van der Waals surface area contributed by atoms with Crippen molar-refractivity contribution in [3.05, 3.63) is 77.5 Å². The summed E-state index contributed by atoms with van der Waals surface area (Å²) in [6, 6.07) is 18.7. The number of rotatable bonds is 8. The number of hydrogen-bond acceptors (Lipinski definition) is 4. The van der Waals surface area contributed by atoms with Gasteiger partial charge in [-0.25, -0.2) is 0 Å². The number of nitrogens with zero attached hydrogens (tertiary/aromatic N) is 1. The van der Waals surface area contributed by atoms with Crippen LogP contribution in [0.25, 0.3) is 11.3 Å². The fourth-order valence-electron chi connectivity index (χ4n) is 3.57. The fraction of sp³-hybridized carbons (Fsp3) is 0.292. The molecule has 4 nitrogen and oxygen atoms in total. The Bertz CT molecular complexity index is 925. The molecule has 0 unspecified atom stereocenters. The molecule has 0 saturated heterocycles. The lowest BCUT2D eigenvalue weighted by Gasteiger charge is -2.15. The van der Waals surface area contributed by atoms with Gasteiger partial charge in [0.15, 0.2) is 11.5 Å². The average Bonchev–Trinajstić information content (AvgIpc) is 3.21. The summed E-state index contributed by atoms with van der Waals surface area (Å²) in [5.74, 6) is 1.66. The Labute approximate surface area is 166 Å². The minimum Gasteiger partial charge on any atom is -0.454 e. The van der Waals surface area contributed by atoms with Gasteiger partial charge in [-0.3, -0.25) is 4.98 Å². The van der Waals surface area contributed by atoms with Gasteiger partial charge in [0.2, 0.25) is 6.79 Å². The van der Waals surface area contributed by atoms with Crippen molar-refractivity contribution in [1.29, 1.82) is 0 Å². The molecule has 1 aromatic heterocycles. The molecule has 28 heavy (non-hydrogen) atoms. The van der Waals surface area contributed by atoms with Crippen LogP contribution in [0.2, 0.25) is 0 Å². The van der Waals surface area contributed by atoms with Crippen molar-refractivity contribution in [3.63, 3.8) is 0 Å². The summed E-state index contributed by atoms with van der Waals surface area (Å²) in [6.45, 7) is 4.14. The van der Waals surface area contributed by atoms with Crippen LogP contribution in [0.5, 0.6) is 11.5 Å². The Morgan fingerprint density at radius 2 is 1.82 bits per heavy atom. The Balaban J connectivity index is 1.50. The predicted octanol–water partition coefficient (Wildman–Crippen LogP) is 5.11. The molecular weight excluding hydrogens is 348 g/mol. The van der Waals surface area contributed by atoms with Crippen LogP contribution in [0.4, 0.5) is 0 Å². The Hall–Kier alpha value is -2.85. The van der Waals surface area contributed by atoms with Crippen LogP contribution in [0.3, 0.4) is 0 Å². The highest BCUT2D eigenvalue weighted by atomic mass is 16.7. The lowest BCUT2D eigenvalue weighted by molar-refractivity contribution is 0.174. The molecule has 4 rings (SSSR count). The van der Waals surface area contributed by atoms with E-state index in [4.69, 9.17) is 14.5 Å². The van der Waals surface area contributed by atoms with E-state index in [2.05, 4.69) is 54.7 Å². The van der Waals surface area contributed by atoms with E-state index in [0.29, 0.717) is 6.79 Å². The van der Waals surface area contributed by atoms with Gasteiger partial charge in [0.05, 0.1) is 5.69 Å². The third-order valence-electron chi connectivity index (χ3n) is 5.06. The summed E-state index contributed by atoms with van der Waals surface area (Å²) in [6.07, 6.45) is 5.32. The smallest absolute Gasteiger partial charge is 0.231 e. The van der Waals surface area contributed by atoms with Crippen LogP contribution in [0.15, 0.2) is 60.8 Å². The summed E-state index contributed by atoms with van der Waals surface area (Å²) in [5, 5.41) is 3.58. The molecule has 0 spiro atoms. The van der Waals surface area contributed by atoms with Crippen molar-refractivity contribution >= 4 is 0 Å². The molecule has 0 saturated carbocycles. The van der Waals surface area contributed by atoms with Crippen molar-refractivity contribution in [2.45, 2.75) is 39.3 Å². The second-order valence-corrected chi connectivity index (χ2v) is 7.06. The molecule has 1 N–H and O–H groups in total. The number of benzene rings is 2. The third kappa shape index (κ3) is 4.18. The number of aromatic nitrogens is 1. The van der Waals surface area contributed by atoms with Crippen LogP contribution in [-0.4, -0.2) is 11.8 Å². The summed E-state index contributed by atoms with van der Waals surface area (Å²) >= 11 is 0. The van der Waals surface area contributed by atoms with Gasteiger partial charge < -0.3 is 14.8 Å². The molecule has 0 fully saturated rings. The van der Waals surface area contributed by atoms with E-state index in [1.807, 2.05) is 18.3 Å². The van der Waals surface area contributed by atoms with Gasteiger partial charge in [-0.05, 0) is 47.7 Å². The highest BCUT2D eigenvalue weighted by molar-refractivity contribution is 5.64. The highest BCUT2D eigenvalue weighted by Crippen LogP contribution is 2.32. The highest BCUT2D eigenvalue weighted by Gasteiger charge is 2.14. The molecule has 4 heteroatoms. The second kappa shape index (κ2) is 8.89. The fourth-order valence-corrected chi connectivity index (χ4v) is 3.57. The first kappa shape index (κ1) is 18.5. The van der Waals surface area contributed by atoms with Gasteiger partial charge in [0, 0.05) is 24.8 Å². The minimum atomic E-state index is 0.312. The maximum absolute atomic E-state index is 5.47. The van der Waals surface area contributed by atoms with Crippen molar-refractivity contribution < 1.29 is 9.47 Å².